The van der Waals surface area contributed by atoms with Gasteiger partial charge in [0.25, 0.3) is 5.91 Å². The van der Waals surface area contributed by atoms with Gasteiger partial charge in [0, 0.05) is 12.5 Å². The number of nitrogens with one attached hydrogen (secondary N) is 2. The lowest BCUT2D eigenvalue weighted by Crippen LogP contribution is -2.19. The predicted octanol–water partition coefficient (Wildman–Crippen LogP) is 1.57. The van der Waals surface area contributed by atoms with Crippen LogP contribution >= 0.6 is 0 Å². The van der Waals surface area contributed by atoms with Gasteiger partial charge in [-0.3, -0.25) is 4.79 Å². The van der Waals surface area contributed by atoms with E-state index in [1.54, 1.807) is 37.4 Å². The van der Waals surface area contributed by atoms with E-state index in [4.69, 9.17) is 0 Å². The van der Waals surface area contributed by atoms with Gasteiger partial charge in [-0.15, -0.1) is 0 Å². The molecule has 110 valence electrons. The lowest BCUT2D eigenvalue weighted by atomic mass is 10.1. The maximum atomic E-state index is 11.7. The molecule has 0 atom stereocenters. The van der Waals surface area contributed by atoms with E-state index < -0.39 is 9.84 Å². The monoisotopic (exact) mass is 305 g/mol. The lowest BCUT2D eigenvalue weighted by Gasteiger charge is -2.03. The Hall–Kier alpha value is -2.41. The summed E-state index contributed by atoms with van der Waals surface area (Å²) in [5.41, 5.74) is 4.15. The first-order chi connectivity index (χ1) is 9.88. The zero-order valence-electron chi connectivity index (χ0n) is 11.6. The fourth-order valence-electron chi connectivity index (χ4n) is 1.67. The Balaban J connectivity index is 2.11. The van der Waals surface area contributed by atoms with Crippen LogP contribution in [0.2, 0.25) is 0 Å². The number of rotatable bonds is 4. The third-order valence-corrected chi connectivity index (χ3v) is 4.00. The molecule has 1 heterocycles. The van der Waals surface area contributed by atoms with Crippen molar-refractivity contribution in [3.05, 3.63) is 53.9 Å². The van der Waals surface area contributed by atoms with Crippen LogP contribution in [0.5, 0.6) is 0 Å². The van der Waals surface area contributed by atoms with Gasteiger partial charge in [-0.05, 0) is 36.8 Å². The number of benzene rings is 1. The molecule has 0 spiro atoms. The maximum Gasteiger partial charge on any atom is 0.287 e. The van der Waals surface area contributed by atoms with Crippen LogP contribution < -0.4 is 5.43 Å². The number of aromatic amines is 1. The van der Waals surface area contributed by atoms with E-state index >= 15 is 0 Å². The summed E-state index contributed by atoms with van der Waals surface area (Å²) in [5, 5.41) is 3.99. The van der Waals surface area contributed by atoms with E-state index in [9.17, 15) is 13.2 Å². The van der Waals surface area contributed by atoms with Crippen molar-refractivity contribution in [2.24, 2.45) is 5.10 Å². The second-order valence-electron chi connectivity index (χ2n) is 4.52. The number of carbonyl (C=O) groups excluding carboxylic acids is 1. The van der Waals surface area contributed by atoms with Gasteiger partial charge in [0.1, 0.15) is 5.69 Å². The minimum Gasteiger partial charge on any atom is -0.357 e. The van der Waals surface area contributed by atoms with E-state index in [0.29, 0.717) is 11.4 Å². The molecule has 0 bridgehead atoms. The number of hydrogen-bond acceptors (Lipinski definition) is 4. The van der Waals surface area contributed by atoms with Crippen LogP contribution in [0, 0.1) is 0 Å². The van der Waals surface area contributed by atoms with Crippen LogP contribution in [0.15, 0.2) is 52.6 Å². The number of aromatic nitrogens is 1. The predicted molar refractivity (Wildman–Crippen MR) is 80.0 cm³/mol. The van der Waals surface area contributed by atoms with Gasteiger partial charge in [0.05, 0.1) is 10.6 Å². The van der Waals surface area contributed by atoms with E-state index in [1.807, 2.05) is 0 Å². The second-order valence-corrected chi connectivity index (χ2v) is 6.53. The summed E-state index contributed by atoms with van der Waals surface area (Å²) in [6.45, 7) is 1.73. The molecule has 0 saturated heterocycles. The van der Waals surface area contributed by atoms with Crippen molar-refractivity contribution < 1.29 is 13.2 Å². The highest BCUT2D eigenvalue weighted by Gasteiger charge is 2.08. The van der Waals surface area contributed by atoms with Crippen molar-refractivity contribution in [2.45, 2.75) is 11.8 Å². The summed E-state index contributed by atoms with van der Waals surface area (Å²) in [6.07, 6.45) is 2.80. The van der Waals surface area contributed by atoms with E-state index in [1.165, 1.54) is 12.1 Å². The number of amides is 1. The van der Waals surface area contributed by atoms with Crippen molar-refractivity contribution in [3.8, 4) is 0 Å². The molecule has 0 unspecified atom stereocenters. The van der Waals surface area contributed by atoms with Crippen molar-refractivity contribution in [1.29, 1.82) is 0 Å². The number of hydrogen-bond donors (Lipinski definition) is 2. The summed E-state index contributed by atoms with van der Waals surface area (Å²) in [6, 6.07) is 9.68. The molecular formula is C14H15N3O3S. The SMILES string of the molecule is C/C(=N/NC(=O)c1ccc[nH]1)c1ccc(S(C)(=O)=O)cc1. The minimum absolute atomic E-state index is 0.245. The number of carbonyl (C=O) groups is 1. The normalized spacial score (nSPS) is 12.2. The third kappa shape index (κ3) is 3.79. The molecule has 2 N–H and O–H groups in total. The van der Waals surface area contributed by atoms with Crippen molar-refractivity contribution in [2.75, 3.05) is 6.26 Å². The molecule has 0 aliphatic rings. The van der Waals surface area contributed by atoms with Gasteiger partial charge < -0.3 is 4.98 Å². The number of nitrogens with zero attached hydrogens (tertiary/aromatic N) is 1. The summed E-state index contributed by atoms with van der Waals surface area (Å²) in [5.74, 6) is -0.341. The molecule has 0 aliphatic carbocycles. The molecule has 2 rings (SSSR count). The first-order valence-corrected chi connectivity index (χ1v) is 8.05. The van der Waals surface area contributed by atoms with Gasteiger partial charge in [-0.1, -0.05) is 12.1 Å². The Morgan fingerprint density at radius 1 is 1.19 bits per heavy atom. The second kappa shape index (κ2) is 5.92. The molecule has 1 aromatic heterocycles. The van der Waals surface area contributed by atoms with Crippen molar-refractivity contribution in [1.82, 2.24) is 10.4 Å². The fourth-order valence-corrected chi connectivity index (χ4v) is 2.30. The molecule has 6 nitrogen and oxygen atoms in total. The van der Waals surface area contributed by atoms with E-state index in [2.05, 4.69) is 15.5 Å². The number of hydrazone groups is 1. The average Bonchev–Trinajstić information content (AvgIpc) is 2.98. The zero-order chi connectivity index (χ0) is 15.5. The van der Waals surface area contributed by atoms with Crippen LogP contribution in [0.3, 0.4) is 0 Å². The summed E-state index contributed by atoms with van der Waals surface area (Å²) < 4.78 is 22.7. The van der Waals surface area contributed by atoms with Crippen LogP contribution in [-0.2, 0) is 9.84 Å². The quantitative estimate of drug-likeness (QED) is 0.663. The molecule has 7 heteroatoms. The van der Waals surface area contributed by atoms with E-state index in [0.717, 1.165) is 11.8 Å². The van der Waals surface area contributed by atoms with E-state index in [-0.39, 0.29) is 10.8 Å². The van der Waals surface area contributed by atoms with Gasteiger partial charge in [0.15, 0.2) is 9.84 Å². The zero-order valence-corrected chi connectivity index (χ0v) is 12.4. The molecule has 0 saturated carbocycles. The average molecular weight is 305 g/mol. The highest BCUT2D eigenvalue weighted by Crippen LogP contribution is 2.11. The van der Waals surface area contributed by atoms with Crippen molar-refractivity contribution in [3.63, 3.8) is 0 Å². The molecule has 2 aromatic rings. The number of sulfone groups is 1. The maximum absolute atomic E-state index is 11.7. The summed E-state index contributed by atoms with van der Waals surface area (Å²) in [7, 11) is -3.21. The Morgan fingerprint density at radius 2 is 1.86 bits per heavy atom. The van der Waals surface area contributed by atoms with Crippen LogP contribution in [0.4, 0.5) is 0 Å². The molecule has 21 heavy (non-hydrogen) atoms. The topological polar surface area (TPSA) is 91.4 Å². The molecule has 1 aromatic carbocycles. The first-order valence-electron chi connectivity index (χ1n) is 6.16. The molecule has 0 aliphatic heterocycles. The van der Waals surface area contributed by atoms with Gasteiger partial charge >= 0.3 is 0 Å². The first kappa shape index (κ1) is 15.0. The Kier molecular flexibility index (Phi) is 4.23. The summed E-state index contributed by atoms with van der Waals surface area (Å²) in [4.78, 5) is 14.7. The van der Waals surface area contributed by atoms with Crippen LogP contribution in [0.25, 0.3) is 0 Å². The minimum atomic E-state index is -3.21. The Labute approximate surface area is 122 Å². The Morgan fingerprint density at radius 3 is 2.38 bits per heavy atom. The van der Waals surface area contributed by atoms with Crippen molar-refractivity contribution >= 4 is 21.5 Å². The largest absolute Gasteiger partial charge is 0.357 e. The molecule has 0 radical (unpaired) electrons. The standard InChI is InChI=1S/C14H15N3O3S/c1-10(16-17-14(18)13-4-3-9-15-13)11-5-7-12(8-6-11)21(2,19)20/h3-9,15H,1-2H3,(H,17,18)/b16-10-. The smallest absolute Gasteiger partial charge is 0.287 e. The molecular weight excluding hydrogens is 290 g/mol. The van der Waals surface area contributed by atoms with Gasteiger partial charge in [-0.25, -0.2) is 13.8 Å². The van der Waals surface area contributed by atoms with Gasteiger partial charge in [-0.2, -0.15) is 5.10 Å². The highest BCUT2D eigenvalue weighted by atomic mass is 32.2. The fraction of sp³-hybridized carbons (Fsp3) is 0.143. The molecule has 1 amide bonds. The van der Waals surface area contributed by atoms with Crippen LogP contribution in [0.1, 0.15) is 23.0 Å². The van der Waals surface area contributed by atoms with Crippen LogP contribution in [-0.4, -0.2) is 31.3 Å². The molecule has 0 fully saturated rings. The lowest BCUT2D eigenvalue weighted by molar-refractivity contribution is 0.0950. The Bertz CT molecular complexity index is 760. The highest BCUT2D eigenvalue weighted by molar-refractivity contribution is 7.90. The third-order valence-electron chi connectivity index (χ3n) is 2.87. The van der Waals surface area contributed by atoms with Gasteiger partial charge in [0.2, 0.25) is 0 Å². The summed E-state index contributed by atoms with van der Waals surface area (Å²) >= 11 is 0. The number of H-pyrrole nitrogens is 1.